The average molecular weight is 243 g/mol. The van der Waals surface area contributed by atoms with E-state index in [1.54, 1.807) is 18.2 Å². The number of hydrogen-bond acceptors (Lipinski definition) is 3. The highest BCUT2D eigenvalue weighted by atomic mass is 16.5. The summed E-state index contributed by atoms with van der Waals surface area (Å²) >= 11 is 0. The summed E-state index contributed by atoms with van der Waals surface area (Å²) in [5.74, 6) is 0. The van der Waals surface area contributed by atoms with Crippen LogP contribution in [0.15, 0.2) is 30.3 Å². The molecule has 4 nitrogen and oxygen atoms in total. The van der Waals surface area contributed by atoms with Crippen LogP contribution in [0.25, 0.3) is 17.0 Å². The van der Waals surface area contributed by atoms with E-state index in [1.165, 1.54) is 11.7 Å². The summed E-state index contributed by atoms with van der Waals surface area (Å²) in [6.45, 7) is 1.83. The Morgan fingerprint density at radius 3 is 2.67 bits per heavy atom. The molecule has 1 aromatic carbocycles. The van der Waals surface area contributed by atoms with Gasteiger partial charge in [-0.2, -0.15) is 0 Å². The van der Waals surface area contributed by atoms with Crippen LogP contribution in [-0.2, 0) is 4.74 Å². The van der Waals surface area contributed by atoms with E-state index in [-0.39, 0.29) is 0 Å². The molecule has 0 amide bonds. The van der Waals surface area contributed by atoms with E-state index in [1.807, 2.05) is 25.1 Å². The van der Waals surface area contributed by atoms with E-state index < -0.39 is 6.09 Å². The van der Waals surface area contributed by atoms with Gasteiger partial charge in [0, 0.05) is 10.9 Å². The van der Waals surface area contributed by atoms with Crippen LogP contribution < -0.4 is 0 Å². The molecule has 0 radical (unpaired) electrons. The zero-order chi connectivity index (χ0) is 13.1. The van der Waals surface area contributed by atoms with Crippen molar-refractivity contribution in [3.8, 4) is 0 Å². The summed E-state index contributed by atoms with van der Waals surface area (Å²) in [6, 6.07) is 7.24. The lowest BCUT2D eigenvalue weighted by Crippen LogP contribution is -2.13. The fourth-order valence-electron chi connectivity index (χ4n) is 2.02. The minimum Gasteiger partial charge on any atom is -0.452 e. The molecule has 1 aromatic heterocycles. The molecule has 0 fully saturated rings. The molecule has 4 heteroatoms. The van der Waals surface area contributed by atoms with Gasteiger partial charge in [-0.25, -0.2) is 9.36 Å². The van der Waals surface area contributed by atoms with Crippen LogP contribution in [0.3, 0.4) is 0 Å². The number of aromatic nitrogens is 1. The van der Waals surface area contributed by atoms with Crippen LogP contribution in [0.1, 0.15) is 23.0 Å². The Kier molecular flexibility index (Phi) is 3.28. The first-order valence-electron chi connectivity index (χ1n) is 5.54. The fraction of sp³-hybridized carbons (Fsp3) is 0.143. The van der Waals surface area contributed by atoms with Gasteiger partial charge in [0.2, 0.25) is 0 Å². The molecule has 0 unspecified atom stereocenters. The first kappa shape index (κ1) is 12.1. The van der Waals surface area contributed by atoms with Gasteiger partial charge in [-0.1, -0.05) is 24.3 Å². The molecule has 92 valence electrons. The summed E-state index contributed by atoms with van der Waals surface area (Å²) in [7, 11) is 1.32. The summed E-state index contributed by atoms with van der Waals surface area (Å²) in [6.07, 6.45) is 3.76. The molecular weight excluding hydrogens is 230 g/mol. The van der Waals surface area contributed by atoms with Gasteiger partial charge in [0.25, 0.3) is 0 Å². The molecule has 0 atom stereocenters. The number of rotatable bonds is 2. The van der Waals surface area contributed by atoms with Gasteiger partial charge >= 0.3 is 6.09 Å². The molecule has 0 saturated heterocycles. The number of carbonyl (C=O) groups excluding carboxylic acids is 2. The van der Waals surface area contributed by atoms with E-state index in [4.69, 9.17) is 4.74 Å². The lowest BCUT2D eigenvalue weighted by Gasteiger charge is -2.04. The maximum Gasteiger partial charge on any atom is 0.418 e. The molecule has 2 aromatic rings. The zero-order valence-corrected chi connectivity index (χ0v) is 10.2. The van der Waals surface area contributed by atoms with E-state index in [2.05, 4.69) is 0 Å². The van der Waals surface area contributed by atoms with Crippen molar-refractivity contribution in [2.75, 3.05) is 7.11 Å². The van der Waals surface area contributed by atoms with E-state index >= 15 is 0 Å². The standard InChI is InChI=1S/C14H13NO3/c1-3-6-12-11(9-16)10-7-4-5-8-13(10)15(12)14(17)18-2/h3-9H,1-2H3/b6-3+. The van der Waals surface area contributed by atoms with E-state index in [0.717, 1.165) is 11.7 Å². The maximum atomic E-state index is 11.8. The number of para-hydroxylation sites is 1. The Morgan fingerprint density at radius 1 is 1.33 bits per heavy atom. The maximum absolute atomic E-state index is 11.8. The van der Waals surface area contributed by atoms with Gasteiger partial charge < -0.3 is 4.74 Å². The van der Waals surface area contributed by atoms with Crippen molar-refractivity contribution in [1.29, 1.82) is 0 Å². The summed E-state index contributed by atoms with van der Waals surface area (Å²) in [5, 5.41) is 0.742. The predicted molar refractivity (Wildman–Crippen MR) is 69.8 cm³/mol. The third-order valence-corrected chi connectivity index (χ3v) is 2.75. The largest absolute Gasteiger partial charge is 0.452 e. The van der Waals surface area contributed by atoms with Gasteiger partial charge in [-0.3, -0.25) is 4.79 Å². The minimum atomic E-state index is -0.507. The summed E-state index contributed by atoms with van der Waals surface area (Å²) in [5.41, 5.74) is 1.70. The number of aldehydes is 1. The van der Waals surface area contributed by atoms with Gasteiger partial charge in [-0.05, 0) is 19.1 Å². The van der Waals surface area contributed by atoms with Gasteiger partial charge in [0.05, 0.1) is 18.3 Å². The second-order valence-corrected chi connectivity index (χ2v) is 3.74. The lowest BCUT2D eigenvalue weighted by atomic mass is 10.1. The highest BCUT2D eigenvalue weighted by molar-refractivity contribution is 6.05. The number of methoxy groups -OCH3 is 1. The van der Waals surface area contributed by atoms with E-state index in [0.29, 0.717) is 16.8 Å². The fourth-order valence-corrected chi connectivity index (χ4v) is 2.02. The van der Waals surface area contributed by atoms with Crippen LogP contribution >= 0.6 is 0 Å². The highest BCUT2D eigenvalue weighted by Gasteiger charge is 2.19. The van der Waals surface area contributed by atoms with Gasteiger partial charge in [0.15, 0.2) is 6.29 Å². The topological polar surface area (TPSA) is 48.3 Å². The second-order valence-electron chi connectivity index (χ2n) is 3.74. The molecule has 0 saturated carbocycles. The first-order valence-corrected chi connectivity index (χ1v) is 5.54. The molecule has 18 heavy (non-hydrogen) atoms. The number of benzene rings is 1. The van der Waals surface area contributed by atoms with Gasteiger partial charge in [0.1, 0.15) is 0 Å². The van der Waals surface area contributed by atoms with Crippen LogP contribution in [0.4, 0.5) is 4.79 Å². The zero-order valence-electron chi connectivity index (χ0n) is 10.2. The summed E-state index contributed by atoms with van der Waals surface area (Å²) < 4.78 is 6.17. The van der Waals surface area contributed by atoms with Crippen molar-refractivity contribution >= 4 is 29.4 Å². The predicted octanol–water partition coefficient (Wildman–Crippen LogP) is 3.10. The normalized spacial score (nSPS) is 11.0. The van der Waals surface area contributed by atoms with Crippen LogP contribution in [0.5, 0.6) is 0 Å². The van der Waals surface area contributed by atoms with Crippen molar-refractivity contribution in [1.82, 2.24) is 4.57 Å². The van der Waals surface area contributed by atoms with Crippen molar-refractivity contribution in [3.63, 3.8) is 0 Å². The smallest absolute Gasteiger partial charge is 0.418 e. The molecular formula is C14H13NO3. The SMILES string of the molecule is C/C=C/c1c(C=O)c2ccccc2n1C(=O)OC. The Labute approximate surface area is 104 Å². The summed E-state index contributed by atoms with van der Waals surface area (Å²) in [4.78, 5) is 23.1. The van der Waals surface area contributed by atoms with Crippen LogP contribution in [-0.4, -0.2) is 24.1 Å². The van der Waals surface area contributed by atoms with E-state index in [9.17, 15) is 9.59 Å². The Morgan fingerprint density at radius 2 is 2.06 bits per heavy atom. The monoisotopic (exact) mass is 243 g/mol. The molecule has 0 spiro atoms. The van der Waals surface area contributed by atoms with Gasteiger partial charge in [-0.15, -0.1) is 0 Å². The van der Waals surface area contributed by atoms with Crippen LogP contribution in [0, 0.1) is 0 Å². The molecule has 0 aliphatic rings. The Bertz CT molecular complexity index is 638. The molecule has 0 bridgehead atoms. The quantitative estimate of drug-likeness (QED) is 0.761. The Balaban J connectivity index is 2.91. The number of ether oxygens (including phenoxy) is 1. The Hall–Kier alpha value is -2.36. The number of allylic oxidation sites excluding steroid dienone is 1. The average Bonchev–Trinajstić information content (AvgIpc) is 2.71. The minimum absolute atomic E-state index is 0.495. The van der Waals surface area contributed by atoms with Crippen molar-refractivity contribution < 1.29 is 14.3 Å². The molecule has 0 aliphatic carbocycles. The number of carbonyl (C=O) groups is 2. The number of nitrogens with zero attached hydrogens (tertiary/aromatic N) is 1. The third-order valence-electron chi connectivity index (χ3n) is 2.75. The molecule has 1 heterocycles. The third kappa shape index (κ3) is 1.72. The second kappa shape index (κ2) is 4.87. The molecule has 0 N–H and O–H groups in total. The first-order chi connectivity index (χ1) is 8.74. The van der Waals surface area contributed by atoms with Crippen LogP contribution in [0.2, 0.25) is 0 Å². The number of fused-ring (bicyclic) bond motifs is 1. The van der Waals surface area contributed by atoms with Crippen molar-refractivity contribution in [2.45, 2.75) is 6.92 Å². The molecule has 2 rings (SSSR count). The highest BCUT2D eigenvalue weighted by Crippen LogP contribution is 2.26. The number of hydrogen-bond donors (Lipinski definition) is 0. The lowest BCUT2D eigenvalue weighted by molar-refractivity contribution is 0.112. The molecule has 0 aliphatic heterocycles. The van der Waals surface area contributed by atoms with Crippen molar-refractivity contribution in [2.24, 2.45) is 0 Å². The van der Waals surface area contributed by atoms with Crippen molar-refractivity contribution in [3.05, 3.63) is 41.6 Å².